The van der Waals surface area contributed by atoms with Crippen molar-refractivity contribution in [2.45, 2.75) is 12.7 Å². The molecule has 0 unspecified atom stereocenters. The highest BCUT2D eigenvalue weighted by Crippen LogP contribution is 2.42. The van der Waals surface area contributed by atoms with E-state index >= 15 is 0 Å². The van der Waals surface area contributed by atoms with Crippen LogP contribution < -0.4 is 0 Å². The second kappa shape index (κ2) is 4.70. The molecular formula is C13H20S. The fraction of sp³-hybridized carbons (Fsp3) is 0.385. The van der Waals surface area contributed by atoms with E-state index in [2.05, 4.69) is 50.3 Å². The van der Waals surface area contributed by atoms with E-state index in [4.69, 9.17) is 0 Å². The van der Waals surface area contributed by atoms with E-state index in [1.54, 1.807) is 0 Å². The molecule has 0 radical (unpaired) electrons. The Morgan fingerprint density at radius 1 is 1.21 bits per heavy atom. The minimum absolute atomic E-state index is 0.418. The van der Waals surface area contributed by atoms with Crippen LogP contribution in [0.5, 0.6) is 0 Å². The Kier molecular flexibility index (Phi) is 3.82. The second-order valence-corrected chi connectivity index (χ2v) is 8.55. The van der Waals surface area contributed by atoms with Gasteiger partial charge in [0.05, 0.1) is 0 Å². The predicted molar refractivity (Wildman–Crippen MR) is 70.2 cm³/mol. The third kappa shape index (κ3) is 3.22. The van der Waals surface area contributed by atoms with Crippen molar-refractivity contribution in [2.24, 2.45) is 0 Å². The molecule has 0 aliphatic heterocycles. The van der Waals surface area contributed by atoms with Crippen LogP contribution in [-0.4, -0.2) is 18.3 Å². The van der Waals surface area contributed by atoms with Crippen molar-refractivity contribution in [1.82, 2.24) is 0 Å². The topological polar surface area (TPSA) is 0 Å². The maximum Gasteiger partial charge on any atom is 0.00201 e. The first kappa shape index (κ1) is 11.4. The second-order valence-electron chi connectivity index (χ2n) is 4.15. The summed E-state index contributed by atoms with van der Waals surface area (Å²) >= 11 is 0. The van der Waals surface area contributed by atoms with E-state index in [9.17, 15) is 0 Å². The molecule has 1 heteroatoms. The molecule has 1 aromatic carbocycles. The van der Waals surface area contributed by atoms with Crippen LogP contribution in [0.3, 0.4) is 0 Å². The summed E-state index contributed by atoms with van der Waals surface area (Å²) < 4.78 is 0. The van der Waals surface area contributed by atoms with Crippen LogP contribution >= 0.6 is 10.0 Å². The molecular weight excluding hydrogens is 188 g/mol. The van der Waals surface area contributed by atoms with Gasteiger partial charge in [0, 0.05) is 5.75 Å². The molecule has 1 aromatic rings. The van der Waals surface area contributed by atoms with E-state index in [1.807, 2.05) is 6.08 Å². The lowest BCUT2D eigenvalue weighted by molar-refractivity contribution is 1.35. The lowest BCUT2D eigenvalue weighted by Crippen LogP contribution is -2.01. The average Bonchev–Trinajstić information content (AvgIpc) is 2.19. The van der Waals surface area contributed by atoms with Gasteiger partial charge >= 0.3 is 0 Å². The van der Waals surface area contributed by atoms with Crippen LogP contribution in [-0.2, 0) is 5.75 Å². The summed E-state index contributed by atoms with van der Waals surface area (Å²) in [5.74, 6) is 2.54. The fourth-order valence-electron chi connectivity index (χ4n) is 1.30. The molecule has 0 saturated heterocycles. The highest BCUT2D eigenvalue weighted by atomic mass is 32.3. The van der Waals surface area contributed by atoms with Crippen molar-refractivity contribution in [3.63, 3.8) is 0 Å². The van der Waals surface area contributed by atoms with Gasteiger partial charge in [-0.05, 0) is 29.4 Å². The van der Waals surface area contributed by atoms with Gasteiger partial charge in [-0.1, -0.05) is 43.8 Å². The van der Waals surface area contributed by atoms with Crippen LogP contribution in [0.1, 0.15) is 18.1 Å². The number of hydrogen-bond acceptors (Lipinski definition) is 0. The first-order valence-corrected chi connectivity index (χ1v) is 7.76. The molecule has 0 bridgehead atoms. The Morgan fingerprint density at radius 3 is 2.21 bits per heavy atom. The van der Waals surface area contributed by atoms with Gasteiger partial charge in [0.2, 0.25) is 0 Å². The fourth-order valence-corrected chi connectivity index (χ4v) is 2.60. The third-order valence-electron chi connectivity index (χ3n) is 2.55. The van der Waals surface area contributed by atoms with Crippen LogP contribution in [0.15, 0.2) is 30.8 Å². The molecule has 0 atom stereocenters. The lowest BCUT2D eigenvalue weighted by atomic mass is 10.1. The van der Waals surface area contributed by atoms with Gasteiger partial charge in [-0.2, -0.15) is 0 Å². The van der Waals surface area contributed by atoms with Crippen LogP contribution in [0.4, 0.5) is 0 Å². The summed E-state index contributed by atoms with van der Waals surface area (Å²) in [7, 11) is -0.418. The molecule has 1 rings (SSSR count). The van der Waals surface area contributed by atoms with Gasteiger partial charge < -0.3 is 0 Å². The van der Waals surface area contributed by atoms with Crippen molar-refractivity contribution in [1.29, 1.82) is 0 Å². The normalized spacial score (nSPS) is 12.5. The molecule has 0 saturated carbocycles. The highest BCUT2D eigenvalue weighted by Gasteiger charge is 2.09. The van der Waals surface area contributed by atoms with Gasteiger partial charge in [-0.25, -0.2) is 10.0 Å². The quantitative estimate of drug-likeness (QED) is 0.703. The van der Waals surface area contributed by atoms with Gasteiger partial charge in [0.1, 0.15) is 0 Å². The van der Waals surface area contributed by atoms with Crippen LogP contribution in [0.2, 0.25) is 0 Å². The van der Waals surface area contributed by atoms with Crippen LogP contribution in [0.25, 0.3) is 6.08 Å². The standard InChI is InChI=1S/C13H20S/c1-5-12-7-9-13(10-8-12)11-14(3,4)6-2/h5,7-10H,1,6,11H2,2-4H3. The van der Waals surface area contributed by atoms with Gasteiger partial charge in [0.15, 0.2) is 0 Å². The monoisotopic (exact) mass is 208 g/mol. The Balaban J connectivity index is 2.73. The molecule has 0 spiro atoms. The minimum atomic E-state index is -0.418. The summed E-state index contributed by atoms with van der Waals surface area (Å²) in [5.41, 5.74) is 2.66. The molecule has 0 aliphatic rings. The molecule has 14 heavy (non-hydrogen) atoms. The lowest BCUT2D eigenvalue weighted by Gasteiger charge is -2.29. The molecule has 0 nitrogen and oxygen atoms in total. The SMILES string of the molecule is C=Cc1ccc(CS(C)(C)CC)cc1. The number of benzene rings is 1. The van der Waals surface area contributed by atoms with Crippen molar-refractivity contribution in [2.75, 3.05) is 18.3 Å². The van der Waals surface area contributed by atoms with Gasteiger partial charge in [-0.15, -0.1) is 0 Å². The van der Waals surface area contributed by atoms with E-state index in [0.29, 0.717) is 0 Å². The molecule has 0 amide bonds. The van der Waals surface area contributed by atoms with Crippen LogP contribution in [0, 0.1) is 0 Å². The van der Waals surface area contributed by atoms with Gasteiger partial charge in [-0.3, -0.25) is 0 Å². The summed E-state index contributed by atoms with van der Waals surface area (Å²) in [6.07, 6.45) is 6.68. The third-order valence-corrected chi connectivity index (χ3v) is 5.23. The largest absolute Gasteiger partial charge is 0.243 e. The summed E-state index contributed by atoms with van der Waals surface area (Å²) in [6, 6.07) is 8.74. The summed E-state index contributed by atoms with van der Waals surface area (Å²) in [6.45, 7) is 6.04. The number of rotatable bonds is 4. The molecule has 0 fully saturated rings. The Morgan fingerprint density at radius 2 is 1.79 bits per heavy atom. The zero-order valence-corrected chi connectivity index (χ0v) is 10.2. The van der Waals surface area contributed by atoms with E-state index < -0.39 is 10.0 Å². The number of hydrogen-bond donors (Lipinski definition) is 0. The molecule has 0 aromatic heterocycles. The van der Waals surface area contributed by atoms with Crippen molar-refractivity contribution >= 4 is 16.1 Å². The first-order valence-electron chi connectivity index (χ1n) is 4.97. The van der Waals surface area contributed by atoms with Crippen molar-refractivity contribution < 1.29 is 0 Å². The zero-order valence-electron chi connectivity index (χ0n) is 9.42. The van der Waals surface area contributed by atoms with Crippen molar-refractivity contribution in [3.05, 3.63) is 42.0 Å². The maximum absolute atomic E-state index is 3.76. The Labute approximate surface area is 89.4 Å². The van der Waals surface area contributed by atoms with Gasteiger partial charge in [0.25, 0.3) is 0 Å². The zero-order chi connectivity index (χ0) is 10.6. The van der Waals surface area contributed by atoms with E-state index in [0.717, 1.165) is 0 Å². The van der Waals surface area contributed by atoms with E-state index in [1.165, 1.54) is 22.6 Å². The maximum atomic E-state index is 3.76. The summed E-state index contributed by atoms with van der Waals surface area (Å²) in [5, 5.41) is 0. The minimum Gasteiger partial charge on any atom is -0.243 e. The highest BCUT2D eigenvalue weighted by molar-refractivity contribution is 8.32. The predicted octanol–water partition coefficient (Wildman–Crippen LogP) is 3.91. The molecule has 0 aliphatic carbocycles. The first-order chi connectivity index (χ1) is 6.57. The Hall–Kier alpha value is -0.690. The Bertz CT molecular complexity index is 296. The van der Waals surface area contributed by atoms with E-state index in [-0.39, 0.29) is 0 Å². The smallest absolute Gasteiger partial charge is 0.00201 e. The molecule has 0 heterocycles. The molecule has 0 N–H and O–H groups in total. The van der Waals surface area contributed by atoms with Crippen molar-refractivity contribution in [3.8, 4) is 0 Å². The molecule has 78 valence electrons. The average molecular weight is 208 g/mol. The summed E-state index contributed by atoms with van der Waals surface area (Å²) in [4.78, 5) is 0.